The molecule has 0 bridgehead atoms. The molecule has 0 saturated heterocycles. The number of aryl methyl sites for hydroxylation is 4. The Bertz CT molecular complexity index is 2220. The van der Waals surface area contributed by atoms with Crippen LogP contribution in [0.4, 0.5) is 4.39 Å². The van der Waals surface area contributed by atoms with Crippen LogP contribution in [0, 0.1) is 45.6 Å². The van der Waals surface area contributed by atoms with Crippen LogP contribution in [0.1, 0.15) is 26.4 Å². The van der Waals surface area contributed by atoms with Gasteiger partial charge in [0.25, 0.3) is 0 Å². The predicted molar refractivity (Wildman–Crippen MR) is 197 cm³/mol. The minimum absolute atomic E-state index is 0. The first-order valence-corrected chi connectivity index (χ1v) is 19.6. The molecule has 4 aromatic carbocycles. The van der Waals surface area contributed by atoms with Gasteiger partial charge >= 0.3 is 0 Å². The van der Waals surface area contributed by atoms with Gasteiger partial charge in [-0.05, 0) is 82.5 Å². The molecule has 0 aliphatic rings. The Balaban J connectivity index is 0.000000204. The second-order valence-corrected chi connectivity index (χ2v) is 18.8. The fraction of sp³-hybridized carbons (Fsp3) is 0.171. The molecule has 0 amide bonds. The third kappa shape index (κ3) is 7.37. The van der Waals surface area contributed by atoms with E-state index in [1.807, 2.05) is 36.7 Å². The average molecular weight is 832 g/mol. The summed E-state index contributed by atoms with van der Waals surface area (Å²) in [4.78, 5) is 9.11. The van der Waals surface area contributed by atoms with Crippen molar-refractivity contribution in [2.75, 3.05) is 0 Å². The SMILES string of the molecule is Cc1cc(C)c(-c2ccnc(-c3[c-]ccc4c3sc3cccc(F)c34)c2)c(C)c1.[2H]C([2H])([2H])c1c[c-]c(-c2ccc([Si](C)(C)C)cn2)cc1.[Ir]. The molecule has 3 aromatic heterocycles. The van der Waals surface area contributed by atoms with E-state index in [9.17, 15) is 4.39 Å². The van der Waals surface area contributed by atoms with E-state index >= 15 is 0 Å². The molecule has 0 saturated carbocycles. The predicted octanol–water partition coefficient (Wildman–Crippen LogP) is 11.0. The van der Waals surface area contributed by atoms with Crippen molar-refractivity contribution >= 4 is 44.8 Å². The molecule has 3 heterocycles. The van der Waals surface area contributed by atoms with Crippen LogP contribution in [0.5, 0.6) is 0 Å². The van der Waals surface area contributed by atoms with E-state index in [2.05, 4.69) is 92.8 Å². The van der Waals surface area contributed by atoms with Crippen LogP contribution < -0.4 is 5.19 Å². The first-order valence-electron chi connectivity index (χ1n) is 16.8. The number of hydrogen-bond donors (Lipinski definition) is 0. The molecule has 47 heavy (non-hydrogen) atoms. The summed E-state index contributed by atoms with van der Waals surface area (Å²) >= 11 is 1.60. The monoisotopic (exact) mass is 832 g/mol. The minimum atomic E-state index is -2.08. The Morgan fingerprint density at radius 2 is 1.62 bits per heavy atom. The van der Waals surface area contributed by atoms with Crippen molar-refractivity contribution in [3.8, 4) is 33.6 Å². The number of aromatic nitrogens is 2. The molecule has 6 heteroatoms. The number of rotatable bonds is 4. The maximum Gasteiger partial charge on any atom is 0.130 e. The Kier molecular flexibility index (Phi) is 9.18. The minimum Gasteiger partial charge on any atom is -0.305 e. The van der Waals surface area contributed by atoms with Gasteiger partial charge in [0.1, 0.15) is 5.82 Å². The quantitative estimate of drug-likeness (QED) is 0.130. The number of nitrogens with zero attached hydrogens (tertiary/aromatic N) is 2. The van der Waals surface area contributed by atoms with Crippen molar-refractivity contribution in [2.45, 2.75) is 47.3 Å². The van der Waals surface area contributed by atoms with E-state index in [-0.39, 0.29) is 25.9 Å². The standard InChI is InChI=1S/C26H19FNS.C15H18NSi.Ir/c1-15-12-16(2)24(17(3)13-15)18-10-11-28-22(14-18)19-6-4-7-20-25-21(27)8-5-9-23(25)29-26(19)20;1-12-5-7-13(8-6-12)15-10-9-14(11-16-15)17(2,3)4;/h4-5,7-14H,1-3H3;5-7,9-11H,1-4H3;/q2*-1;/i;1D3;. The van der Waals surface area contributed by atoms with Gasteiger partial charge in [-0.2, -0.15) is 11.3 Å². The van der Waals surface area contributed by atoms with Gasteiger partial charge in [-0.1, -0.05) is 73.8 Å². The molecule has 239 valence electrons. The van der Waals surface area contributed by atoms with Crippen LogP contribution >= 0.6 is 11.3 Å². The fourth-order valence-electron chi connectivity index (χ4n) is 5.88. The Morgan fingerprint density at radius 3 is 2.28 bits per heavy atom. The largest absolute Gasteiger partial charge is 0.305 e. The smallest absolute Gasteiger partial charge is 0.130 e. The first-order chi connectivity index (χ1) is 23.2. The van der Waals surface area contributed by atoms with Gasteiger partial charge in [0.15, 0.2) is 0 Å². The van der Waals surface area contributed by atoms with Gasteiger partial charge in [-0.3, -0.25) is 0 Å². The summed E-state index contributed by atoms with van der Waals surface area (Å²) in [5.74, 6) is -0.182. The van der Waals surface area contributed by atoms with Crippen molar-refractivity contribution in [2.24, 2.45) is 0 Å². The Labute approximate surface area is 300 Å². The molecule has 0 aliphatic carbocycles. The molecular formula is C41H37FIrN2SSi-2. The molecule has 0 atom stereocenters. The number of hydrogen-bond acceptors (Lipinski definition) is 3. The topological polar surface area (TPSA) is 25.8 Å². The Morgan fingerprint density at radius 1 is 0.830 bits per heavy atom. The molecule has 0 N–H and O–H groups in total. The van der Waals surface area contributed by atoms with Crippen LogP contribution in [-0.2, 0) is 20.1 Å². The van der Waals surface area contributed by atoms with Gasteiger partial charge in [0.05, 0.1) is 8.07 Å². The molecule has 7 aromatic rings. The van der Waals surface area contributed by atoms with Gasteiger partial charge in [0.2, 0.25) is 0 Å². The molecule has 0 unspecified atom stereocenters. The van der Waals surface area contributed by atoms with Crippen LogP contribution in [-0.4, -0.2) is 18.0 Å². The van der Waals surface area contributed by atoms with Crippen LogP contribution in [0.2, 0.25) is 19.6 Å². The van der Waals surface area contributed by atoms with E-state index in [0.29, 0.717) is 10.9 Å². The van der Waals surface area contributed by atoms with Crippen molar-refractivity contribution in [1.29, 1.82) is 0 Å². The second kappa shape index (κ2) is 14.1. The normalized spacial score (nSPS) is 12.4. The van der Waals surface area contributed by atoms with E-state index in [0.717, 1.165) is 42.9 Å². The van der Waals surface area contributed by atoms with E-state index in [1.54, 1.807) is 29.5 Å². The molecule has 1 radical (unpaired) electrons. The number of thiophene rings is 1. The summed E-state index contributed by atoms with van der Waals surface area (Å²) < 4.78 is 38.5. The van der Waals surface area contributed by atoms with Gasteiger partial charge in [0, 0.05) is 46.7 Å². The summed E-state index contributed by atoms with van der Waals surface area (Å²) in [7, 11) is -1.34. The number of pyridine rings is 2. The summed E-state index contributed by atoms with van der Waals surface area (Å²) in [6.07, 6.45) is 3.77. The summed E-state index contributed by atoms with van der Waals surface area (Å²) in [6.45, 7) is 11.2. The number of fused-ring (bicyclic) bond motifs is 3. The molecular weight excluding hydrogens is 792 g/mol. The molecule has 0 fully saturated rings. The van der Waals surface area contributed by atoms with Gasteiger partial charge < -0.3 is 9.97 Å². The van der Waals surface area contributed by atoms with Crippen LogP contribution in [0.25, 0.3) is 53.8 Å². The zero-order chi connectivity index (χ0) is 35.1. The third-order valence-electron chi connectivity index (χ3n) is 8.11. The van der Waals surface area contributed by atoms with E-state index < -0.39 is 14.9 Å². The van der Waals surface area contributed by atoms with Gasteiger partial charge in [-0.25, -0.2) is 4.39 Å². The zero-order valence-electron chi connectivity index (χ0n) is 30.3. The average Bonchev–Trinajstić information content (AvgIpc) is 3.44. The maximum atomic E-state index is 14.5. The van der Waals surface area contributed by atoms with Crippen molar-refractivity contribution in [3.63, 3.8) is 0 Å². The molecule has 0 aliphatic heterocycles. The van der Waals surface area contributed by atoms with Crippen molar-refractivity contribution < 1.29 is 28.6 Å². The van der Waals surface area contributed by atoms with Crippen molar-refractivity contribution in [3.05, 3.63) is 138 Å². The van der Waals surface area contributed by atoms with Gasteiger partial charge in [-0.15, -0.1) is 59.2 Å². The first kappa shape index (κ1) is 30.5. The van der Waals surface area contributed by atoms with Crippen LogP contribution in [0.3, 0.4) is 0 Å². The molecule has 2 nitrogen and oxygen atoms in total. The maximum absolute atomic E-state index is 14.5. The summed E-state index contributed by atoms with van der Waals surface area (Å²) in [5.41, 5.74) is 9.90. The number of benzene rings is 4. The summed E-state index contributed by atoms with van der Waals surface area (Å²) in [6, 6.07) is 33.0. The molecule has 7 rings (SSSR count). The van der Waals surface area contributed by atoms with E-state index in [4.69, 9.17) is 4.11 Å². The fourth-order valence-corrected chi connectivity index (χ4v) is 8.13. The molecule has 0 spiro atoms. The third-order valence-corrected chi connectivity index (χ3v) is 11.3. The zero-order valence-corrected chi connectivity index (χ0v) is 31.5. The van der Waals surface area contributed by atoms with Crippen LogP contribution in [0.15, 0.2) is 97.3 Å². The Hall–Kier alpha value is -3.80. The summed E-state index contributed by atoms with van der Waals surface area (Å²) in [5, 5.41) is 2.91. The van der Waals surface area contributed by atoms with Crippen molar-refractivity contribution in [1.82, 2.24) is 9.97 Å². The number of halogens is 1. The van der Waals surface area contributed by atoms with E-state index in [1.165, 1.54) is 39.6 Å². The second-order valence-electron chi connectivity index (χ2n) is 12.7.